The van der Waals surface area contributed by atoms with Crippen molar-refractivity contribution < 1.29 is 0 Å². The normalized spacial score (nSPS) is 11.1. The summed E-state index contributed by atoms with van der Waals surface area (Å²) in [6.45, 7) is 0. The second kappa shape index (κ2) is 3.92. The third-order valence-corrected chi connectivity index (χ3v) is 3.70. The molecule has 3 rings (SSSR count). The molecule has 3 heterocycles. The first-order valence-corrected chi connectivity index (χ1v) is 6.23. The minimum Gasteiger partial charge on any atom is -0.302 e. The van der Waals surface area contributed by atoms with E-state index < -0.39 is 0 Å². The first-order chi connectivity index (χ1) is 7.84. The van der Waals surface area contributed by atoms with Gasteiger partial charge in [-0.1, -0.05) is 17.7 Å². The molecule has 0 saturated heterocycles. The Hall–Kier alpha value is -1.32. The molecule has 16 heavy (non-hydrogen) atoms. The number of thiophene rings is 1. The summed E-state index contributed by atoms with van der Waals surface area (Å²) < 4.78 is 2.04. The lowest BCUT2D eigenvalue weighted by molar-refractivity contribution is 0.974. The van der Waals surface area contributed by atoms with Gasteiger partial charge in [0.15, 0.2) is 0 Å². The molecule has 0 unspecified atom stereocenters. The molecule has 0 bridgehead atoms. The van der Waals surface area contributed by atoms with E-state index in [1.54, 1.807) is 11.3 Å². The molecule has 0 aliphatic carbocycles. The van der Waals surface area contributed by atoms with E-state index in [9.17, 15) is 0 Å². The predicted molar refractivity (Wildman–Crippen MR) is 67.3 cm³/mol. The van der Waals surface area contributed by atoms with E-state index in [-0.39, 0.29) is 0 Å². The van der Waals surface area contributed by atoms with Gasteiger partial charge in [-0.15, -0.1) is 11.3 Å². The monoisotopic (exact) mass is 248 g/mol. The van der Waals surface area contributed by atoms with E-state index in [1.807, 2.05) is 28.9 Å². The largest absolute Gasteiger partial charge is 0.302 e. The molecule has 0 aliphatic heterocycles. The van der Waals surface area contributed by atoms with Crippen LogP contribution in [0, 0.1) is 0 Å². The molecule has 0 atom stereocenters. The van der Waals surface area contributed by atoms with Crippen LogP contribution in [0.3, 0.4) is 0 Å². The predicted octanol–water partition coefficient (Wildman–Crippen LogP) is 3.64. The molecule has 0 fully saturated rings. The fraction of sp³-hybridized carbons (Fsp3) is 0.0833. The van der Waals surface area contributed by atoms with Gasteiger partial charge >= 0.3 is 0 Å². The van der Waals surface area contributed by atoms with Gasteiger partial charge in [0.1, 0.15) is 5.82 Å². The molecule has 3 aromatic heterocycles. The number of pyridine rings is 1. The molecular weight excluding hydrogens is 240 g/mol. The van der Waals surface area contributed by atoms with Crippen LogP contribution in [0.25, 0.3) is 5.52 Å². The van der Waals surface area contributed by atoms with Crippen LogP contribution >= 0.6 is 22.9 Å². The Morgan fingerprint density at radius 2 is 2.25 bits per heavy atom. The highest BCUT2D eigenvalue weighted by molar-refractivity contribution is 7.09. The Bertz CT molecular complexity index is 613. The van der Waals surface area contributed by atoms with Gasteiger partial charge in [0.05, 0.1) is 16.7 Å². The van der Waals surface area contributed by atoms with Crippen molar-refractivity contribution in [2.75, 3.05) is 0 Å². The van der Waals surface area contributed by atoms with Gasteiger partial charge in [-0.05, 0) is 23.6 Å². The fourth-order valence-electron chi connectivity index (χ4n) is 1.74. The first kappa shape index (κ1) is 9.87. The summed E-state index contributed by atoms with van der Waals surface area (Å²) in [6.07, 6.45) is 4.68. The molecule has 4 heteroatoms. The summed E-state index contributed by atoms with van der Waals surface area (Å²) in [7, 11) is 0. The average Bonchev–Trinajstić information content (AvgIpc) is 2.90. The average molecular weight is 249 g/mol. The van der Waals surface area contributed by atoms with Gasteiger partial charge in [-0.25, -0.2) is 4.98 Å². The molecule has 0 saturated carbocycles. The number of halogens is 1. The molecule has 0 radical (unpaired) electrons. The number of aromatic nitrogens is 2. The highest BCUT2D eigenvalue weighted by Gasteiger charge is 2.06. The summed E-state index contributed by atoms with van der Waals surface area (Å²) in [4.78, 5) is 5.73. The van der Waals surface area contributed by atoms with Crippen molar-refractivity contribution in [2.24, 2.45) is 0 Å². The van der Waals surface area contributed by atoms with E-state index in [2.05, 4.69) is 22.5 Å². The Kier molecular flexibility index (Phi) is 2.42. The Morgan fingerprint density at radius 1 is 1.31 bits per heavy atom. The van der Waals surface area contributed by atoms with Crippen molar-refractivity contribution >= 4 is 28.5 Å². The summed E-state index contributed by atoms with van der Waals surface area (Å²) in [5.74, 6) is 1.03. The molecule has 3 aromatic rings. The fourth-order valence-corrected chi connectivity index (χ4v) is 2.66. The lowest BCUT2D eigenvalue weighted by atomic mass is 10.3. The molecule has 0 spiro atoms. The zero-order chi connectivity index (χ0) is 11.0. The number of hydrogen-bond acceptors (Lipinski definition) is 2. The quantitative estimate of drug-likeness (QED) is 0.677. The van der Waals surface area contributed by atoms with Crippen molar-refractivity contribution in [1.29, 1.82) is 0 Å². The summed E-state index contributed by atoms with van der Waals surface area (Å²) in [5.41, 5.74) is 0.968. The SMILES string of the molecule is Clc1cccn2c(Cc3cccs3)ncc12. The lowest BCUT2D eigenvalue weighted by Gasteiger charge is -2.00. The van der Waals surface area contributed by atoms with Gasteiger partial charge in [-0.2, -0.15) is 0 Å². The number of nitrogens with zero attached hydrogens (tertiary/aromatic N) is 2. The number of fused-ring (bicyclic) bond motifs is 1. The topological polar surface area (TPSA) is 17.3 Å². The third kappa shape index (κ3) is 1.62. The van der Waals surface area contributed by atoms with Crippen molar-refractivity contribution in [3.8, 4) is 0 Å². The summed E-state index contributed by atoms with van der Waals surface area (Å²) >= 11 is 7.84. The van der Waals surface area contributed by atoms with Crippen LogP contribution in [0.2, 0.25) is 5.02 Å². The minimum atomic E-state index is 0.743. The van der Waals surface area contributed by atoms with Gasteiger partial charge in [-0.3, -0.25) is 0 Å². The Labute approximate surface area is 102 Å². The zero-order valence-corrected chi connectivity index (χ0v) is 10.0. The van der Waals surface area contributed by atoms with Gasteiger partial charge in [0, 0.05) is 17.5 Å². The van der Waals surface area contributed by atoms with Gasteiger partial charge < -0.3 is 4.40 Å². The molecular formula is C12H9ClN2S. The highest BCUT2D eigenvalue weighted by atomic mass is 35.5. The van der Waals surface area contributed by atoms with E-state index in [4.69, 9.17) is 11.6 Å². The minimum absolute atomic E-state index is 0.743. The zero-order valence-electron chi connectivity index (χ0n) is 8.43. The molecule has 0 aromatic carbocycles. The molecule has 2 nitrogen and oxygen atoms in total. The maximum Gasteiger partial charge on any atom is 0.118 e. The van der Waals surface area contributed by atoms with Crippen LogP contribution in [-0.2, 0) is 6.42 Å². The van der Waals surface area contributed by atoms with Crippen LogP contribution in [0.5, 0.6) is 0 Å². The Balaban J connectivity index is 2.08. The van der Waals surface area contributed by atoms with Crippen LogP contribution in [0.15, 0.2) is 42.0 Å². The first-order valence-electron chi connectivity index (χ1n) is 4.97. The second-order valence-corrected chi connectivity index (χ2v) is 4.98. The standard InChI is InChI=1S/C12H9ClN2S/c13-10-4-1-5-15-11(10)8-14-12(15)7-9-3-2-6-16-9/h1-6,8H,7H2. The van der Waals surface area contributed by atoms with Crippen molar-refractivity contribution in [3.05, 3.63) is 57.8 Å². The van der Waals surface area contributed by atoms with Crippen LogP contribution in [0.4, 0.5) is 0 Å². The van der Waals surface area contributed by atoms with E-state index in [1.165, 1.54) is 4.88 Å². The molecule has 0 aliphatic rings. The van der Waals surface area contributed by atoms with E-state index in [0.717, 1.165) is 22.8 Å². The molecule has 0 N–H and O–H groups in total. The number of rotatable bonds is 2. The van der Waals surface area contributed by atoms with Crippen molar-refractivity contribution in [3.63, 3.8) is 0 Å². The lowest BCUT2D eigenvalue weighted by Crippen LogP contribution is -1.94. The summed E-state index contributed by atoms with van der Waals surface area (Å²) in [6, 6.07) is 8.00. The highest BCUT2D eigenvalue weighted by Crippen LogP contribution is 2.20. The van der Waals surface area contributed by atoms with Crippen molar-refractivity contribution in [1.82, 2.24) is 9.38 Å². The van der Waals surface area contributed by atoms with Crippen LogP contribution in [-0.4, -0.2) is 9.38 Å². The maximum atomic E-state index is 6.09. The summed E-state index contributed by atoms with van der Waals surface area (Å²) in [5, 5.41) is 2.82. The van der Waals surface area contributed by atoms with E-state index in [0.29, 0.717) is 0 Å². The number of imidazole rings is 1. The molecule has 0 amide bonds. The van der Waals surface area contributed by atoms with Crippen LogP contribution in [0.1, 0.15) is 10.7 Å². The van der Waals surface area contributed by atoms with Crippen LogP contribution < -0.4 is 0 Å². The molecule has 80 valence electrons. The maximum absolute atomic E-state index is 6.09. The Morgan fingerprint density at radius 3 is 3.06 bits per heavy atom. The number of hydrogen-bond donors (Lipinski definition) is 0. The second-order valence-electron chi connectivity index (χ2n) is 3.54. The smallest absolute Gasteiger partial charge is 0.118 e. The van der Waals surface area contributed by atoms with E-state index >= 15 is 0 Å². The van der Waals surface area contributed by atoms with Crippen molar-refractivity contribution in [2.45, 2.75) is 6.42 Å². The van der Waals surface area contributed by atoms with Gasteiger partial charge in [0.2, 0.25) is 0 Å². The third-order valence-electron chi connectivity index (χ3n) is 2.51. The van der Waals surface area contributed by atoms with Gasteiger partial charge in [0.25, 0.3) is 0 Å².